The molecule has 5 rings (SSSR count). The number of nitrogens with two attached hydrogens (primary N) is 1. The molecule has 0 radical (unpaired) electrons. The first-order chi connectivity index (χ1) is 20.5. The topological polar surface area (TPSA) is 190 Å². The Morgan fingerprint density at radius 1 is 1.05 bits per heavy atom. The summed E-state index contributed by atoms with van der Waals surface area (Å²) in [5, 5.41) is 17.0. The largest absolute Gasteiger partial charge is 0.366 e. The zero-order chi connectivity index (χ0) is 30.8. The fraction of sp³-hybridized carbons (Fsp3) is 0.172. The van der Waals surface area contributed by atoms with Crippen molar-refractivity contribution in [2.24, 2.45) is 5.73 Å². The van der Waals surface area contributed by atoms with E-state index in [0.29, 0.717) is 34.4 Å². The number of non-ortho nitro benzene ring substituents is 1. The molecular weight excluding hydrogens is 554 g/mol. The van der Waals surface area contributed by atoms with Crippen LogP contribution in [0.5, 0.6) is 0 Å². The molecule has 4 amide bonds. The average Bonchev–Trinajstić information content (AvgIpc) is 2.97. The van der Waals surface area contributed by atoms with Gasteiger partial charge in [0.05, 0.1) is 35.5 Å². The van der Waals surface area contributed by atoms with Crippen molar-refractivity contribution in [3.8, 4) is 0 Å². The van der Waals surface area contributed by atoms with Crippen LogP contribution in [-0.4, -0.2) is 44.8 Å². The number of anilines is 5. The Labute approximate surface area is 245 Å². The average molecular weight is 582 g/mol. The van der Waals surface area contributed by atoms with Crippen LogP contribution in [0.25, 0.3) is 0 Å². The number of fused-ring (bicyclic) bond motifs is 1. The molecule has 14 nitrogen and oxygen atoms in total. The summed E-state index contributed by atoms with van der Waals surface area (Å²) in [7, 11) is 1.62. The van der Waals surface area contributed by atoms with Crippen molar-refractivity contribution in [3.05, 3.63) is 99.0 Å². The molecule has 1 aliphatic rings. The van der Waals surface area contributed by atoms with E-state index in [-0.39, 0.29) is 35.8 Å². The van der Waals surface area contributed by atoms with E-state index in [4.69, 9.17) is 5.73 Å². The van der Waals surface area contributed by atoms with E-state index >= 15 is 0 Å². The number of hydrogen-bond acceptors (Lipinski definition) is 9. The lowest BCUT2D eigenvalue weighted by Crippen LogP contribution is -2.46. The first-order valence-electron chi connectivity index (χ1n) is 13.1. The van der Waals surface area contributed by atoms with Gasteiger partial charge in [-0.3, -0.25) is 34.5 Å². The zero-order valence-electron chi connectivity index (χ0n) is 23.5. The minimum atomic E-state index is -0.803. The molecule has 4 N–H and O–H groups in total. The van der Waals surface area contributed by atoms with Gasteiger partial charge in [0.25, 0.3) is 5.69 Å². The number of benzene rings is 2. The maximum absolute atomic E-state index is 13.5. The normalized spacial score (nSPS) is 12.5. The highest BCUT2D eigenvalue weighted by atomic mass is 16.6. The van der Waals surface area contributed by atoms with Gasteiger partial charge in [-0.15, -0.1) is 0 Å². The van der Waals surface area contributed by atoms with Gasteiger partial charge in [0.2, 0.25) is 17.8 Å². The first kappa shape index (κ1) is 28.6. The fourth-order valence-corrected chi connectivity index (χ4v) is 4.67. The number of carbonyl (C=O) groups is 3. The van der Waals surface area contributed by atoms with E-state index < -0.39 is 16.7 Å². The van der Waals surface area contributed by atoms with Gasteiger partial charge in [0.1, 0.15) is 5.82 Å². The van der Waals surface area contributed by atoms with E-state index in [1.165, 1.54) is 11.0 Å². The number of urea groups is 1. The monoisotopic (exact) mass is 581 g/mol. The summed E-state index contributed by atoms with van der Waals surface area (Å²) >= 11 is 0. The number of rotatable bonds is 8. The molecule has 0 saturated carbocycles. The summed E-state index contributed by atoms with van der Waals surface area (Å²) in [5.74, 6) is -0.547. The molecular formula is C29H27N9O5. The highest BCUT2D eigenvalue weighted by Crippen LogP contribution is 2.33. The first-order valence-corrected chi connectivity index (χ1v) is 13.1. The van der Waals surface area contributed by atoms with Crippen LogP contribution in [0, 0.1) is 24.0 Å². The van der Waals surface area contributed by atoms with Crippen molar-refractivity contribution in [2.45, 2.75) is 26.8 Å². The molecule has 0 bridgehead atoms. The third kappa shape index (κ3) is 6.07. The molecule has 0 spiro atoms. The zero-order valence-corrected chi connectivity index (χ0v) is 23.5. The molecule has 1 aliphatic heterocycles. The lowest BCUT2D eigenvalue weighted by Gasteiger charge is -2.35. The lowest BCUT2D eigenvalue weighted by molar-refractivity contribution is -0.384. The number of pyridine rings is 1. The second kappa shape index (κ2) is 11.5. The van der Waals surface area contributed by atoms with Gasteiger partial charge >= 0.3 is 6.03 Å². The molecule has 0 fully saturated rings. The number of nitrogens with one attached hydrogen (secondary N) is 2. The van der Waals surface area contributed by atoms with Crippen molar-refractivity contribution in [1.29, 1.82) is 0 Å². The summed E-state index contributed by atoms with van der Waals surface area (Å²) in [5.41, 5.74) is 9.31. The van der Waals surface area contributed by atoms with Crippen LogP contribution in [0.15, 0.2) is 60.9 Å². The Kier molecular flexibility index (Phi) is 7.66. The number of carbonyl (C=O) groups excluding carboxylic acids is 3. The van der Waals surface area contributed by atoms with E-state index in [2.05, 4.69) is 25.6 Å². The van der Waals surface area contributed by atoms with Crippen molar-refractivity contribution >= 4 is 52.4 Å². The molecule has 2 aromatic carbocycles. The second-order valence-corrected chi connectivity index (χ2v) is 9.97. The fourth-order valence-electron chi connectivity index (χ4n) is 4.67. The van der Waals surface area contributed by atoms with Gasteiger partial charge in [-0.1, -0.05) is 6.07 Å². The molecule has 0 aliphatic carbocycles. The third-order valence-electron chi connectivity index (χ3n) is 6.87. The summed E-state index contributed by atoms with van der Waals surface area (Å²) in [6.45, 7) is 3.92. The SMILES string of the molecule is Cc1ccc(Nc2ncc3c(n2)N(C)C(=O)N(c2cc(NC(=O)Cc4cc([N+](=O)[O-])ccc4C(N)=O)ccc2C)C3)cn1. The van der Waals surface area contributed by atoms with Gasteiger partial charge in [0.15, 0.2) is 0 Å². The molecule has 3 heterocycles. The maximum atomic E-state index is 13.5. The van der Waals surface area contributed by atoms with Crippen molar-refractivity contribution in [1.82, 2.24) is 15.0 Å². The van der Waals surface area contributed by atoms with E-state index in [1.807, 2.05) is 26.0 Å². The molecule has 218 valence electrons. The predicted octanol–water partition coefficient (Wildman–Crippen LogP) is 4.00. The highest BCUT2D eigenvalue weighted by molar-refractivity contribution is 6.06. The number of amides is 4. The molecule has 0 saturated heterocycles. The molecule has 4 aromatic rings. The maximum Gasteiger partial charge on any atom is 0.330 e. The Bertz CT molecular complexity index is 1780. The molecule has 2 aromatic heterocycles. The molecule has 43 heavy (non-hydrogen) atoms. The predicted molar refractivity (Wildman–Crippen MR) is 159 cm³/mol. The summed E-state index contributed by atoms with van der Waals surface area (Å²) in [4.78, 5) is 65.0. The van der Waals surface area contributed by atoms with Crippen LogP contribution in [-0.2, 0) is 17.8 Å². The molecule has 0 unspecified atom stereocenters. The number of hydrogen-bond donors (Lipinski definition) is 3. The van der Waals surface area contributed by atoms with E-state index in [1.54, 1.807) is 42.5 Å². The summed E-state index contributed by atoms with van der Waals surface area (Å²) in [6.07, 6.45) is 3.00. The smallest absolute Gasteiger partial charge is 0.330 e. The van der Waals surface area contributed by atoms with Crippen LogP contribution in [0.3, 0.4) is 0 Å². The number of nitrogens with zero attached hydrogens (tertiary/aromatic N) is 6. The Morgan fingerprint density at radius 3 is 2.51 bits per heavy atom. The minimum Gasteiger partial charge on any atom is -0.366 e. The molecule has 14 heteroatoms. The quantitative estimate of drug-likeness (QED) is 0.204. The number of nitro groups is 1. The van der Waals surface area contributed by atoms with Crippen LogP contribution < -0.4 is 26.2 Å². The lowest BCUT2D eigenvalue weighted by atomic mass is 10.0. The van der Waals surface area contributed by atoms with Crippen LogP contribution in [0.2, 0.25) is 0 Å². The van der Waals surface area contributed by atoms with Gasteiger partial charge in [-0.2, -0.15) is 4.98 Å². The second-order valence-electron chi connectivity index (χ2n) is 9.97. The van der Waals surface area contributed by atoms with Crippen LogP contribution in [0.1, 0.15) is 32.7 Å². The molecule has 0 atom stereocenters. The summed E-state index contributed by atoms with van der Waals surface area (Å²) in [6, 6.07) is 12.0. The van der Waals surface area contributed by atoms with Gasteiger partial charge in [-0.05, 0) is 55.3 Å². The van der Waals surface area contributed by atoms with Gasteiger partial charge in [0, 0.05) is 47.9 Å². The summed E-state index contributed by atoms with van der Waals surface area (Å²) < 4.78 is 0. The number of primary amides is 1. The third-order valence-corrected chi connectivity index (χ3v) is 6.87. The highest BCUT2D eigenvalue weighted by Gasteiger charge is 2.31. The number of aromatic nitrogens is 3. The van der Waals surface area contributed by atoms with E-state index in [0.717, 1.165) is 23.4 Å². The van der Waals surface area contributed by atoms with Crippen LogP contribution >= 0.6 is 0 Å². The standard InChI is InChI=1S/C29H27N9O5/c1-16-4-6-20(33-25(39)11-18-10-22(38(42)43)8-9-23(18)26(30)40)12-24(16)37-15-19-13-32-28(35-27(19)36(3)29(37)41)34-21-7-5-17(2)31-14-21/h4-10,12-14H,11,15H2,1-3H3,(H2,30,40)(H,33,39)(H,32,34,35). The van der Waals surface area contributed by atoms with Gasteiger partial charge in [-0.25, -0.2) is 9.78 Å². The minimum absolute atomic E-state index is 0.0158. The van der Waals surface area contributed by atoms with Gasteiger partial charge < -0.3 is 16.4 Å². The van der Waals surface area contributed by atoms with Crippen LogP contribution in [0.4, 0.5) is 39.3 Å². The Balaban J connectivity index is 1.35. The Hall–Kier alpha value is -5.92. The number of nitro benzene ring substituents is 1. The number of aryl methyl sites for hydroxylation is 2. The van der Waals surface area contributed by atoms with E-state index in [9.17, 15) is 24.5 Å². The Morgan fingerprint density at radius 2 is 1.81 bits per heavy atom. The van der Waals surface area contributed by atoms with Crippen molar-refractivity contribution in [2.75, 3.05) is 27.5 Å². The van der Waals surface area contributed by atoms with Crippen molar-refractivity contribution < 1.29 is 19.3 Å². The van der Waals surface area contributed by atoms with Crippen molar-refractivity contribution in [3.63, 3.8) is 0 Å².